The fourth-order valence-corrected chi connectivity index (χ4v) is 6.37. The van der Waals surface area contributed by atoms with Crippen molar-refractivity contribution in [1.29, 1.82) is 0 Å². The van der Waals surface area contributed by atoms with Crippen molar-refractivity contribution in [2.24, 2.45) is 11.8 Å². The SMILES string of the molecule is O=C(C[C@@H]1CN(CCc2ccccc2)[C@@H]2CO[C@@H](CC(=O)N3CCCC3)[C@H]12)N1CCCC1. The van der Waals surface area contributed by atoms with Crippen molar-refractivity contribution >= 4 is 11.8 Å². The minimum atomic E-state index is -0.0498. The lowest BCUT2D eigenvalue weighted by Crippen LogP contribution is -2.37. The van der Waals surface area contributed by atoms with E-state index >= 15 is 0 Å². The second-order valence-corrected chi connectivity index (χ2v) is 10.1. The minimum Gasteiger partial charge on any atom is -0.376 e. The van der Waals surface area contributed by atoms with Crippen molar-refractivity contribution in [2.75, 3.05) is 45.9 Å². The van der Waals surface area contributed by atoms with Gasteiger partial charge in [0, 0.05) is 57.6 Å². The molecule has 1 aromatic rings. The van der Waals surface area contributed by atoms with Gasteiger partial charge in [-0.2, -0.15) is 0 Å². The van der Waals surface area contributed by atoms with Crippen LogP contribution in [-0.4, -0.2) is 84.5 Å². The van der Waals surface area contributed by atoms with Crippen LogP contribution in [0.5, 0.6) is 0 Å². The number of ether oxygens (including phenoxy) is 1. The zero-order valence-electron chi connectivity index (χ0n) is 19.2. The molecule has 4 aliphatic heterocycles. The van der Waals surface area contributed by atoms with Gasteiger partial charge in [0.25, 0.3) is 0 Å². The average molecular weight is 440 g/mol. The maximum atomic E-state index is 13.0. The Bertz CT molecular complexity index is 789. The van der Waals surface area contributed by atoms with Gasteiger partial charge >= 0.3 is 0 Å². The van der Waals surface area contributed by atoms with E-state index in [0.717, 1.165) is 71.4 Å². The van der Waals surface area contributed by atoms with E-state index in [9.17, 15) is 9.59 Å². The molecular weight excluding hydrogens is 402 g/mol. The fraction of sp³-hybridized carbons (Fsp3) is 0.692. The monoisotopic (exact) mass is 439 g/mol. The topological polar surface area (TPSA) is 53.1 Å². The van der Waals surface area contributed by atoms with Gasteiger partial charge in [-0.3, -0.25) is 14.5 Å². The van der Waals surface area contributed by atoms with Crippen LogP contribution < -0.4 is 0 Å². The van der Waals surface area contributed by atoms with Crippen molar-refractivity contribution in [3.8, 4) is 0 Å². The Kier molecular flexibility index (Phi) is 6.79. The van der Waals surface area contributed by atoms with Crippen LogP contribution in [0.2, 0.25) is 0 Å². The predicted molar refractivity (Wildman–Crippen MR) is 123 cm³/mol. The van der Waals surface area contributed by atoms with Crippen LogP contribution >= 0.6 is 0 Å². The molecule has 0 radical (unpaired) electrons. The van der Waals surface area contributed by atoms with Gasteiger partial charge in [-0.15, -0.1) is 0 Å². The molecule has 174 valence electrons. The van der Waals surface area contributed by atoms with E-state index in [1.54, 1.807) is 0 Å². The molecule has 0 aliphatic carbocycles. The molecule has 4 fully saturated rings. The molecule has 0 spiro atoms. The van der Waals surface area contributed by atoms with Crippen LogP contribution in [0.25, 0.3) is 0 Å². The van der Waals surface area contributed by atoms with Gasteiger partial charge in [0.1, 0.15) is 0 Å². The number of amides is 2. The van der Waals surface area contributed by atoms with Gasteiger partial charge in [0.2, 0.25) is 11.8 Å². The lowest BCUT2D eigenvalue weighted by Gasteiger charge is -2.26. The van der Waals surface area contributed by atoms with Gasteiger partial charge in [-0.05, 0) is 43.6 Å². The van der Waals surface area contributed by atoms with E-state index in [1.807, 2.05) is 9.80 Å². The summed E-state index contributed by atoms with van der Waals surface area (Å²) in [6, 6.07) is 10.9. The summed E-state index contributed by atoms with van der Waals surface area (Å²) >= 11 is 0. The first kappa shape index (κ1) is 21.9. The molecule has 4 heterocycles. The molecule has 1 aromatic carbocycles. The summed E-state index contributed by atoms with van der Waals surface area (Å²) in [4.78, 5) is 32.5. The molecule has 6 nitrogen and oxygen atoms in total. The van der Waals surface area contributed by atoms with Crippen molar-refractivity contribution in [2.45, 2.75) is 57.1 Å². The Morgan fingerprint density at radius 3 is 2.16 bits per heavy atom. The normalized spacial score (nSPS) is 30.2. The lowest BCUT2D eigenvalue weighted by molar-refractivity contribution is -0.133. The predicted octanol–water partition coefficient (Wildman–Crippen LogP) is 2.57. The molecule has 2 amide bonds. The molecule has 0 bridgehead atoms. The summed E-state index contributed by atoms with van der Waals surface area (Å²) < 4.78 is 6.26. The maximum absolute atomic E-state index is 13.0. The number of nitrogens with zero attached hydrogens (tertiary/aromatic N) is 3. The molecule has 0 unspecified atom stereocenters. The van der Waals surface area contributed by atoms with E-state index in [0.29, 0.717) is 31.4 Å². The highest BCUT2D eigenvalue weighted by atomic mass is 16.5. The molecule has 0 saturated carbocycles. The number of fused-ring (bicyclic) bond motifs is 1. The highest BCUT2D eigenvalue weighted by molar-refractivity contribution is 5.78. The van der Waals surface area contributed by atoms with E-state index in [1.165, 1.54) is 5.56 Å². The summed E-state index contributed by atoms with van der Waals surface area (Å²) in [5, 5.41) is 0. The van der Waals surface area contributed by atoms with Crippen molar-refractivity contribution in [1.82, 2.24) is 14.7 Å². The van der Waals surface area contributed by atoms with Crippen LogP contribution in [0.15, 0.2) is 30.3 Å². The minimum absolute atomic E-state index is 0.0498. The lowest BCUT2D eigenvalue weighted by atomic mass is 9.84. The van der Waals surface area contributed by atoms with Gasteiger partial charge in [0.05, 0.1) is 19.1 Å². The number of carbonyl (C=O) groups excluding carboxylic acids is 2. The van der Waals surface area contributed by atoms with Gasteiger partial charge in [-0.25, -0.2) is 0 Å². The average Bonchev–Trinajstić information content (AvgIpc) is 3.60. The maximum Gasteiger partial charge on any atom is 0.225 e. The Morgan fingerprint density at radius 2 is 1.50 bits per heavy atom. The number of hydrogen-bond donors (Lipinski definition) is 0. The molecule has 4 saturated heterocycles. The number of rotatable bonds is 7. The van der Waals surface area contributed by atoms with E-state index < -0.39 is 0 Å². The second-order valence-electron chi connectivity index (χ2n) is 10.1. The Labute approximate surface area is 191 Å². The second kappa shape index (κ2) is 9.92. The van der Waals surface area contributed by atoms with Crippen LogP contribution in [0.4, 0.5) is 0 Å². The molecule has 4 aliphatic rings. The Morgan fingerprint density at radius 1 is 0.875 bits per heavy atom. The molecule has 5 rings (SSSR count). The quantitative estimate of drug-likeness (QED) is 0.655. The summed E-state index contributed by atoms with van der Waals surface area (Å²) in [5.74, 6) is 1.10. The highest BCUT2D eigenvalue weighted by Gasteiger charge is 2.51. The third-order valence-electron chi connectivity index (χ3n) is 8.10. The zero-order valence-corrected chi connectivity index (χ0v) is 19.2. The molecular formula is C26H37N3O3. The van der Waals surface area contributed by atoms with E-state index in [2.05, 4.69) is 35.2 Å². The van der Waals surface area contributed by atoms with Crippen LogP contribution in [0.3, 0.4) is 0 Å². The van der Waals surface area contributed by atoms with E-state index in [-0.39, 0.29) is 23.8 Å². The first-order valence-electron chi connectivity index (χ1n) is 12.6. The fourth-order valence-electron chi connectivity index (χ4n) is 6.37. The molecule has 4 atom stereocenters. The van der Waals surface area contributed by atoms with Crippen molar-refractivity contribution in [3.05, 3.63) is 35.9 Å². The van der Waals surface area contributed by atoms with E-state index in [4.69, 9.17) is 4.74 Å². The van der Waals surface area contributed by atoms with Gasteiger partial charge in [0.15, 0.2) is 0 Å². The first-order valence-corrected chi connectivity index (χ1v) is 12.6. The highest BCUT2D eigenvalue weighted by Crippen LogP contribution is 2.42. The smallest absolute Gasteiger partial charge is 0.225 e. The molecule has 0 aromatic heterocycles. The van der Waals surface area contributed by atoms with Gasteiger partial charge < -0.3 is 14.5 Å². The number of carbonyl (C=O) groups is 2. The standard InChI is InChI=1S/C26H37N3O3/c30-24(27-11-4-5-12-27)16-21-18-29(15-10-20-8-2-1-3-9-20)22-19-32-23(26(21)22)17-25(31)28-13-6-7-14-28/h1-3,8-9,21-23,26H,4-7,10-19H2/t21-,22-,23+,26-/m1/s1. The molecule has 32 heavy (non-hydrogen) atoms. The summed E-state index contributed by atoms with van der Waals surface area (Å²) in [6.07, 6.45) is 6.51. The number of likely N-dealkylation sites (tertiary alicyclic amines) is 3. The van der Waals surface area contributed by atoms with Crippen LogP contribution in [0.1, 0.15) is 44.1 Å². The molecule has 6 heteroatoms. The molecule has 0 N–H and O–H groups in total. The van der Waals surface area contributed by atoms with Crippen molar-refractivity contribution < 1.29 is 14.3 Å². The zero-order chi connectivity index (χ0) is 21.9. The Hall–Kier alpha value is -1.92. The van der Waals surface area contributed by atoms with Crippen LogP contribution in [0, 0.1) is 11.8 Å². The summed E-state index contributed by atoms with van der Waals surface area (Å²) in [6.45, 7) is 6.20. The number of hydrogen-bond acceptors (Lipinski definition) is 4. The Balaban J connectivity index is 1.27. The first-order chi connectivity index (χ1) is 15.7. The van der Waals surface area contributed by atoms with Gasteiger partial charge in [-0.1, -0.05) is 30.3 Å². The van der Waals surface area contributed by atoms with Crippen LogP contribution in [-0.2, 0) is 20.7 Å². The third-order valence-corrected chi connectivity index (χ3v) is 8.10. The third kappa shape index (κ3) is 4.72. The summed E-state index contributed by atoms with van der Waals surface area (Å²) in [7, 11) is 0. The van der Waals surface area contributed by atoms with Crippen molar-refractivity contribution in [3.63, 3.8) is 0 Å². The largest absolute Gasteiger partial charge is 0.376 e. The summed E-state index contributed by atoms with van der Waals surface area (Å²) in [5.41, 5.74) is 1.35. The number of benzene rings is 1.